The summed E-state index contributed by atoms with van der Waals surface area (Å²) in [6.07, 6.45) is 6.55. The molecule has 1 aromatic rings. The average molecular weight is 246 g/mol. The van der Waals surface area contributed by atoms with Gasteiger partial charge in [0.1, 0.15) is 17.0 Å². The molecule has 0 aliphatic heterocycles. The molecule has 1 rings (SSSR count). The molecule has 1 aromatic heterocycles. The van der Waals surface area contributed by atoms with Crippen LogP contribution in [0.2, 0.25) is 5.28 Å². The molecular formula is C8H10ClN4OS+. The Balaban J connectivity index is 3.05. The SMILES string of the molecule is CC(c1cnc(Cl)nc1)[N+](C#N)=S(C)O. The standard InChI is InChI=1S/C8H9ClN4OS/c1-6(13(5-10)15(2)14)7-3-11-8(9)12-4-7/h3-4,6H,1-2H3/p+1. The summed E-state index contributed by atoms with van der Waals surface area (Å²) in [5.74, 6) is 0. The minimum Gasteiger partial charge on any atom is -0.306 e. The zero-order chi connectivity index (χ0) is 11.4. The van der Waals surface area contributed by atoms with Crippen molar-refractivity contribution in [1.82, 2.24) is 9.97 Å². The quantitative estimate of drug-likeness (QED) is 0.372. The van der Waals surface area contributed by atoms with Gasteiger partial charge in [-0.3, -0.25) is 0 Å². The summed E-state index contributed by atoms with van der Waals surface area (Å²) in [7, 11) is -1.11. The van der Waals surface area contributed by atoms with Crippen molar-refractivity contribution in [2.75, 3.05) is 6.26 Å². The van der Waals surface area contributed by atoms with Crippen molar-refractivity contribution in [3.8, 4) is 6.19 Å². The summed E-state index contributed by atoms with van der Waals surface area (Å²) < 4.78 is 10.6. The summed E-state index contributed by atoms with van der Waals surface area (Å²) in [5, 5.41) is 9.00. The summed E-state index contributed by atoms with van der Waals surface area (Å²) in [6, 6.07) is -0.273. The van der Waals surface area contributed by atoms with Crippen LogP contribution in [0.4, 0.5) is 0 Å². The molecule has 0 amide bonds. The minimum atomic E-state index is -1.11. The molecule has 2 atom stereocenters. The Kier molecular flexibility index (Phi) is 4.15. The van der Waals surface area contributed by atoms with E-state index in [1.165, 1.54) is 16.3 Å². The monoisotopic (exact) mass is 245 g/mol. The number of hydrogen-bond donors (Lipinski definition) is 1. The molecule has 0 aromatic carbocycles. The molecule has 0 bridgehead atoms. The second-order valence-corrected chi connectivity index (χ2v) is 4.46. The highest BCUT2D eigenvalue weighted by atomic mass is 35.5. The molecular weight excluding hydrogens is 236 g/mol. The second kappa shape index (κ2) is 5.16. The highest BCUT2D eigenvalue weighted by molar-refractivity contribution is 7.78. The van der Waals surface area contributed by atoms with Gasteiger partial charge in [0.05, 0.1) is 0 Å². The Labute approximate surface area is 95.3 Å². The summed E-state index contributed by atoms with van der Waals surface area (Å²) >= 11 is 5.54. The largest absolute Gasteiger partial charge is 0.468 e. The molecule has 2 unspecified atom stereocenters. The van der Waals surface area contributed by atoms with Crippen LogP contribution >= 0.6 is 11.6 Å². The molecule has 0 aliphatic rings. The van der Waals surface area contributed by atoms with Crippen molar-refractivity contribution in [3.05, 3.63) is 23.2 Å². The molecule has 80 valence electrons. The fourth-order valence-corrected chi connectivity index (χ4v) is 1.84. The maximum atomic E-state index is 9.36. The van der Waals surface area contributed by atoms with Gasteiger partial charge in [0.15, 0.2) is 5.26 Å². The summed E-state index contributed by atoms with van der Waals surface area (Å²) in [4.78, 5) is 7.63. The lowest BCUT2D eigenvalue weighted by Gasteiger charge is -2.07. The highest BCUT2D eigenvalue weighted by Crippen LogP contribution is 2.15. The second-order valence-electron chi connectivity index (χ2n) is 2.83. The smallest absolute Gasteiger partial charge is 0.306 e. The Morgan fingerprint density at radius 3 is 2.53 bits per heavy atom. The number of halogens is 1. The number of aromatic nitrogens is 2. The van der Waals surface area contributed by atoms with Crippen LogP contribution in [0.15, 0.2) is 12.4 Å². The van der Waals surface area contributed by atoms with Gasteiger partial charge in [-0.05, 0) is 18.5 Å². The third kappa shape index (κ3) is 2.96. The first kappa shape index (κ1) is 12.0. The Bertz CT molecular complexity index is 421. The van der Waals surface area contributed by atoms with Gasteiger partial charge in [-0.2, -0.15) is 0 Å². The molecule has 0 fully saturated rings. The first-order valence-corrected chi connectivity index (χ1v) is 6.00. The molecule has 0 aliphatic carbocycles. The van der Waals surface area contributed by atoms with E-state index >= 15 is 0 Å². The van der Waals surface area contributed by atoms with Gasteiger partial charge in [-0.25, -0.2) is 9.97 Å². The van der Waals surface area contributed by atoms with Gasteiger partial charge in [-0.1, -0.05) is 0 Å². The van der Waals surface area contributed by atoms with E-state index in [1.54, 1.807) is 13.2 Å². The lowest BCUT2D eigenvalue weighted by atomic mass is 10.2. The molecule has 5 nitrogen and oxygen atoms in total. The van der Waals surface area contributed by atoms with E-state index in [0.717, 1.165) is 5.56 Å². The normalized spacial score (nSPS) is 15.3. The maximum Gasteiger partial charge on any atom is 0.468 e. The van der Waals surface area contributed by atoms with Gasteiger partial charge < -0.3 is 4.55 Å². The van der Waals surface area contributed by atoms with Crippen molar-refractivity contribution in [2.45, 2.75) is 13.0 Å². The van der Waals surface area contributed by atoms with Gasteiger partial charge in [-0.15, -0.1) is 3.95 Å². The van der Waals surface area contributed by atoms with Crippen LogP contribution in [0.3, 0.4) is 0 Å². The van der Waals surface area contributed by atoms with E-state index in [-0.39, 0.29) is 11.3 Å². The van der Waals surface area contributed by atoms with E-state index in [2.05, 4.69) is 9.97 Å². The van der Waals surface area contributed by atoms with Crippen LogP contribution in [-0.2, 0) is 11.0 Å². The van der Waals surface area contributed by atoms with Gasteiger partial charge >= 0.3 is 6.19 Å². The predicted molar refractivity (Wildman–Crippen MR) is 57.2 cm³/mol. The molecule has 0 saturated heterocycles. The van der Waals surface area contributed by atoms with Crippen molar-refractivity contribution in [3.63, 3.8) is 0 Å². The van der Waals surface area contributed by atoms with Crippen LogP contribution in [-0.4, -0.2) is 24.7 Å². The first-order chi connectivity index (χ1) is 7.06. The zero-order valence-corrected chi connectivity index (χ0v) is 9.83. The van der Waals surface area contributed by atoms with E-state index in [9.17, 15) is 4.55 Å². The average Bonchev–Trinajstić information content (AvgIpc) is 2.19. The van der Waals surface area contributed by atoms with Crippen molar-refractivity contribution in [1.29, 1.82) is 5.26 Å². The van der Waals surface area contributed by atoms with Crippen LogP contribution in [0.1, 0.15) is 18.5 Å². The first-order valence-electron chi connectivity index (χ1n) is 4.07. The Morgan fingerprint density at radius 2 is 2.13 bits per heavy atom. The van der Waals surface area contributed by atoms with Crippen molar-refractivity contribution >= 4 is 22.6 Å². The molecule has 7 heteroatoms. The number of hydrogen-bond acceptors (Lipinski definition) is 3. The number of rotatable bonds is 2. The fraction of sp³-hybridized carbons (Fsp3) is 0.375. The molecule has 0 radical (unpaired) electrons. The third-order valence-corrected chi connectivity index (χ3v) is 3.02. The topological polar surface area (TPSA) is 72.8 Å². The molecule has 1 heterocycles. The van der Waals surface area contributed by atoms with Crippen LogP contribution in [0, 0.1) is 11.5 Å². The van der Waals surface area contributed by atoms with Gasteiger partial charge in [0.25, 0.3) is 0 Å². The van der Waals surface area contributed by atoms with Gasteiger partial charge in [0, 0.05) is 24.2 Å². The highest BCUT2D eigenvalue weighted by Gasteiger charge is 2.18. The van der Waals surface area contributed by atoms with E-state index < -0.39 is 11.0 Å². The fourth-order valence-electron chi connectivity index (χ4n) is 1.05. The molecule has 0 spiro atoms. The third-order valence-electron chi connectivity index (χ3n) is 1.86. The van der Waals surface area contributed by atoms with Crippen molar-refractivity contribution in [2.24, 2.45) is 0 Å². The lowest BCUT2D eigenvalue weighted by molar-refractivity contribution is -0.463. The minimum absolute atomic E-state index is 0.161. The Hall–Kier alpha value is -1.03. The summed E-state index contributed by atoms with van der Waals surface area (Å²) in [6.45, 7) is 1.79. The maximum absolute atomic E-state index is 9.36. The van der Waals surface area contributed by atoms with Crippen molar-refractivity contribution < 1.29 is 8.50 Å². The van der Waals surface area contributed by atoms with Crippen LogP contribution in [0.5, 0.6) is 0 Å². The number of nitriles is 1. The van der Waals surface area contributed by atoms with E-state index in [1.807, 2.05) is 6.19 Å². The molecule has 15 heavy (non-hydrogen) atoms. The lowest BCUT2D eigenvalue weighted by Crippen LogP contribution is -2.15. The van der Waals surface area contributed by atoms with Gasteiger partial charge in [0.2, 0.25) is 5.28 Å². The molecule has 0 saturated carbocycles. The molecule has 1 N–H and O–H groups in total. The number of nitrogens with zero attached hydrogens (tertiary/aromatic N) is 4. The summed E-state index contributed by atoms with van der Waals surface area (Å²) in [5.41, 5.74) is 0.731. The van der Waals surface area contributed by atoms with E-state index in [4.69, 9.17) is 16.9 Å². The zero-order valence-electron chi connectivity index (χ0n) is 8.25. The predicted octanol–water partition coefficient (Wildman–Crippen LogP) is 1.59. The van der Waals surface area contributed by atoms with E-state index in [0.29, 0.717) is 0 Å². The van der Waals surface area contributed by atoms with Crippen LogP contribution in [0.25, 0.3) is 0 Å². The Morgan fingerprint density at radius 1 is 1.60 bits per heavy atom. The van der Waals surface area contributed by atoms with Crippen LogP contribution < -0.4 is 0 Å².